The molecule has 1 heterocycles. The summed E-state index contributed by atoms with van der Waals surface area (Å²) in [5.41, 5.74) is 4.76. The van der Waals surface area contributed by atoms with E-state index >= 15 is 0 Å². The summed E-state index contributed by atoms with van der Waals surface area (Å²) in [5.74, 6) is -0.124. The van der Waals surface area contributed by atoms with Gasteiger partial charge in [-0.3, -0.25) is 4.79 Å². The molecule has 0 aromatic heterocycles. The van der Waals surface area contributed by atoms with Crippen LogP contribution in [0, 0.1) is 23.1 Å². The van der Waals surface area contributed by atoms with Crippen molar-refractivity contribution in [2.75, 3.05) is 0 Å². The maximum atomic E-state index is 13.4. The van der Waals surface area contributed by atoms with E-state index in [-0.39, 0.29) is 29.9 Å². The van der Waals surface area contributed by atoms with Gasteiger partial charge in [-0.2, -0.15) is 5.26 Å². The van der Waals surface area contributed by atoms with Crippen LogP contribution in [0.2, 0.25) is 0 Å². The first-order valence-corrected chi connectivity index (χ1v) is 11.9. The van der Waals surface area contributed by atoms with Gasteiger partial charge >= 0.3 is 0 Å². The number of carbonyl (C=O) groups is 1. The van der Waals surface area contributed by atoms with Crippen LogP contribution in [0.15, 0.2) is 71.9 Å². The van der Waals surface area contributed by atoms with Gasteiger partial charge in [0.25, 0.3) is 0 Å². The van der Waals surface area contributed by atoms with Crippen LogP contribution in [0.1, 0.15) is 73.5 Å². The van der Waals surface area contributed by atoms with Gasteiger partial charge in [0.05, 0.1) is 17.3 Å². The molecule has 0 spiro atoms. The lowest BCUT2D eigenvalue weighted by Crippen LogP contribution is -2.31. The van der Waals surface area contributed by atoms with Crippen molar-refractivity contribution in [3.8, 4) is 17.2 Å². The fourth-order valence-corrected chi connectivity index (χ4v) is 4.27. The highest BCUT2D eigenvalue weighted by atomic mass is 19.1. The number of halogens is 1. The monoisotopic (exact) mass is 468 g/mol. The second-order valence-corrected chi connectivity index (χ2v) is 9.81. The molecule has 2 unspecified atom stereocenters. The Morgan fingerprint density at radius 1 is 1.09 bits per heavy atom. The van der Waals surface area contributed by atoms with Crippen molar-refractivity contribution in [2.45, 2.75) is 52.1 Å². The minimum absolute atomic E-state index is 0.0227. The van der Waals surface area contributed by atoms with Crippen LogP contribution in [0.25, 0.3) is 11.1 Å². The largest absolute Gasteiger partial charge is 0.389 e. The van der Waals surface area contributed by atoms with E-state index in [1.54, 1.807) is 18.2 Å². The van der Waals surface area contributed by atoms with Gasteiger partial charge in [0.2, 0.25) is 0 Å². The molecule has 0 amide bonds. The lowest BCUT2D eigenvalue weighted by molar-refractivity contribution is -0.0384. The molecule has 4 rings (SSSR count). The molecule has 0 bridgehead atoms. The van der Waals surface area contributed by atoms with E-state index in [1.165, 1.54) is 12.1 Å². The Morgan fingerprint density at radius 3 is 2.43 bits per heavy atom. The number of rotatable bonds is 7. The molecule has 35 heavy (non-hydrogen) atoms. The minimum Gasteiger partial charge on any atom is -0.389 e. The molecule has 4 nitrogen and oxygen atoms in total. The zero-order valence-electron chi connectivity index (χ0n) is 20.5. The highest BCUT2D eigenvalue weighted by Gasteiger charge is 2.38. The van der Waals surface area contributed by atoms with Crippen molar-refractivity contribution in [3.63, 3.8) is 0 Å². The van der Waals surface area contributed by atoms with Gasteiger partial charge in [-0.05, 0) is 71.8 Å². The Morgan fingerprint density at radius 2 is 1.77 bits per heavy atom. The van der Waals surface area contributed by atoms with Gasteiger partial charge in [0.1, 0.15) is 11.4 Å². The van der Waals surface area contributed by atoms with Gasteiger partial charge in [-0.1, -0.05) is 56.3 Å². The summed E-state index contributed by atoms with van der Waals surface area (Å²) in [5, 5.41) is 14.0. The van der Waals surface area contributed by atoms with E-state index < -0.39 is 5.60 Å². The van der Waals surface area contributed by atoms with E-state index in [0.29, 0.717) is 17.5 Å². The van der Waals surface area contributed by atoms with Crippen LogP contribution in [0.3, 0.4) is 0 Å². The molecule has 178 valence electrons. The van der Waals surface area contributed by atoms with Gasteiger partial charge in [0.15, 0.2) is 5.78 Å². The molecule has 0 saturated carbocycles. The van der Waals surface area contributed by atoms with Crippen LogP contribution in [-0.4, -0.2) is 17.1 Å². The fourth-order valence-electron chi connectivity index (χ4n) is 4.27. The Kier molecular flexibility index (Phi) is 6.84. The predicted octanol–water partition coefficient (Wildman–Crippen LogP) is 7.28. The fraction of sp³-hybridized carbons (Fsp3) is 0.300. The quantitative estimate of drug-likeness (QED) is 0.342. The Labute approximate surface area is 206 Å². The smallest absolute Gasteiger partial charge is 0.163 e. The zero-order valence-corrected chi connectivity index (χ0v) is 20.5. The highest BCUT2D eigenvalue weighted by Crippen LogP contribution is 2.35. The summed E-state index contributed by atoms with van der Waals surface area (Å²) in [6.45, 7) is 8.21. The lowest BCUT2D eigenvalue weighted by atomic mass is 9.84. The maximum Gasteiger partial charge on any atom is 0.163 e. The SMILES string of the molecule is CC(CC(=O)c1cc(C2=NOC(C)(C(C)C)C2)cc(-c2ccccc2C#N)c1)c1ccc(F)cc1. The molecule has 1 aliphatic heterocycles. The molecule has 5 heteroatoms. The summed E-state index contributed by atoms with van der Waals surface area (Å²) in [4.78, 5) is 19.2. The van der Waals surface area contributed by atoms with Crippen molar-refractivity contribution in [1.82, 2.24) is 0 Å². The number of oxime groups is 1. The number of carbonyl (C=O) groups excluding carboxylic acids is 1. The Bertz CT molecular complexity index is 1320. The molecule has 0 fully saturated rings. The first-order valence-electron chi connectivity index (χ1n) is 11.9. The van der Waals surface area contributed by atoms with Crippen molar-refractivity contribution in [2.24, 2.45) is 11.1 Å². The standard InChI is InChI=1S/C30H29FN2O2/c1-19(2)30(4)17-28(33-35-30)24-14-23(27-8-6-5-7-22(27)18-32)15-25(16-24)29(34)13-20(3)21-9-11-26(31)12-10-21/h5-12,14-16,19-20H,13,17H2,1-4H3. The van der Waals surface area contributed by atoms with Gasteiger partial charge in [-0.15, -0.1) is 0 Å². The third-order valence-electron chi connectivity index (χ3n) is 6.98. The van der Waals surface area contributed by atoms with Gasteiger partial charge < -0.3 is 4.84 Å². The number of benzene rings is 3. The minimum atomic E-state index is -0.406. The average molecular weight is 469 g/mol. The molecule has 3 aromatic carbocycles. The maximum absolute atomic E-state index is 13.4. The first-order chi connectivity index (χ1) is 16.7. The molecule has 3 aromatic rings. The third-order valence-corrected chi connectivity index (χ3v) is 6.98. The molecule has 0 aliphatic carbocycles. The number of Topliss-reactive ketones (excluding diaryl/α,β-unsaturated/α-hetero) is 1. The second-order valence-electron chi connectivity index (χ2n) is 9.81. The number of nitrogens with zero attached hydrogens (tertiary/aromatic N) is 2. The summed E-state index contributed by atoms with van der Waals surface area (Å²) in [6.07, 6.45) is 0.911. The van der Waals surface area contributed by atoms with E-state index in [1.807, 2.05) is 50.2 Å². The number of nitriles is 1. The van der Waals surface area contributed by atoms with Crippen molar-refractivity contribution in [3.05, 3.63) is 94.8 Å². The van der Waals surface area contributed by atoms with Crippen LogP contribution in [-0.2, 0) is 4.84 Å². The van der Waals surface area contributed by atoms with Gasteiger partial charge in [-0.25, -0.2) is 4.39 Å². The van der Waals surface area contributed by atoms with E-state index in [0.717, 1.165) is 28.0 Å². The molecular weight excluding hydrogens is 439 g/mol. The van der Waals surface area contributed by atoms with E-state index in [9.17, 15) is 14.4 Å². The van der Waals surface area contributed by atoms with E-state index in [4.69, 9.17) is 4.84 Å². The van der Waals surface area contributed by atoms with Crippen LogP contribution >= 0.6 is 0 Å². The van der Waals surface area contributed by atoms with E-state index in [2.05, 4.69) is 25.1 Å². The molecule has 0 N–H and O–H groups in total. The summed E-state index contributed by atoms with van der Waals surface area (Å²) >= 11 is 0. The molecular formula is C30H29FN2O2. The van der Waals surface area contributed by atoms with Crippen molar-refractivity contribution < 1.29 is 14.0 Å². The summed E-state index contributed by atoms with van der Waals surface area (Å²) < 4.78 is 13.3. The lowest BCUT2D eigenvalue weighted by Gasteiger charge is -2.25. The predicted molar refractivity (Wildman–Crippen MR) is 136 cm³/mol. The first kappa shape index (κ1) is 24.3. The van der Waals surface area contributed by atoms with Crippen LogP contribution in [0.4, 0.5) is 4.39 Å². The Balaban J connectivity index is 1.72. The average Bonchev–Trinajstić information content (AvgIpc) is 3.27. The van der Waals surface area contributed by atoms with Crippen molar-refractivity contribution in [1.29, 1.82) is 5.26 Å². The van der Waals surface area contributed by atoms with Crippen LogP contribution in [0.5, 0.6) is 0 Å². The summed E-state index contributed by atoms with van der Waals surface area (Å²) in [6, 6.07) is 21.6. The van der Waals surface area contributed by atoms with Crippen molar-refractivity contribution >= 4 is 11.5 Å². The highest BCUT2D eigenvalue weighted by molar-refractivity contribution is 6.06. The molecule has 1 aliphatic rings. The van der Waals surface area contributed by atoms with Crippen LogP contribution < -0.4 is 0 Å². The number of hydrogen-bond donors (Lipinski definition) is 0. The normalized spacial score (nSPS) is 18.0. The molecule has 2 atom stereocenters. The number of ketones is 1. The topological polar surface area (TPSA) is 62.4 Å². The molecule has 0 radical (unpaired) electrons. The van der Waals surface area contributed by atoms with Gasteiger partial charge in [0, 0.05) is 24.0 Å². The summed E-state index contributed by atoms with van der Waals surface area (Å²) in [7, 11) is 0. The second kappa shape index (κ2) is 9.84. The zero-order chi connectivity index (χ0) is 25.2. The molecule has 0 saturated heterocycles. The third kappa shape index (κ3) is 5.17. The number of hydrogen-bond acceptors (Lipinski definition) is 4. The Hall–Kier alpha value is -3.78.